The van der Waals surface area contributed by atoms with Gasteiger partial charge in [-0.2, -0.15) is 0 Å². The minimum absolute atomic E-state index is 0.0117. The quantitative estimate of drug-likeness (QED) is 0.789. The molecule has 7 heteroatoms. The maximum Gasteiger partial charge on any atom is 0.255 e. The minimum Gasteiger partial charge on any atom is -0.497 e. The van der Waals surface area contributed by atoms with Crippen molar-refractivity contribution in [1.82, 2.24) is 9.88 Å². The van der Waals surface area contributed by atoms with Gasteiger partial charge in [0.25, 0.3) is 5.91 Å². The fraction of sp³-hybridized carbons (Fsp3) is 0.429. The predicted molar refractivity (Wildman–Crippen MR) is 105 cm³/mol. The highest BCUT2D eigenvalue weighted by Gasteiger charge is 2.23. The molecule has 0 spiro atoms. The van der Waals surface area contributed by atoms with Crippen molar-refractivity contribution in [3.63, 3.8) is 0 Å². The third-order valence-corrected chi connectivity index (χ3v) is 5.16. The Balaban J connectivity index is 1.31. The van der Waals surface area contributed by atoms with E-state index in [1.807, 2.05) is 29.2 Å². The minimum atomic E-state index is 0.0117. The van der Waals surface area contributed by atoms with Crippen molar-refractivity contribution in [2.75, 3.05) is 51.4 Å². The number of benzene rings is 1. The van der Waals surface area contributed by atoms with Crippen LogP contribution in [0.15, 0.2) is 42.6 Å². The number of carbonyl (C=O) groups excluding carboxylic acids is 1. The average Bonchev–Trinajstić information content (AvgIpc) is 3.27. The van der Waals surface area contributed by atoms with E-state index >= 15 is 0 Å². The summed E-state index contributed by atoms with van der Waals surface area (Å²) in [6, 6.07) is 11.6. The standard InChI is InChI=1S/C21H25N3O4/c1-26-18-5-3-17(4-6-18)23-9-11-24(12-10-23)21(25)16-2-7-20(22-14-16)28-19-8-13-27-15-19/h2-7,14,19H,8-13,15H2,1H3. The van der Waals surface area contributed by atoms with Gasteiger partial charge < -0.3 is 24.0 Å². The van der Waals surface area contributed by atoms with Crippen molar-refractivity contribution in [3.05, 3.63) is 48.2 Å². The second-order valence-corrected chi connectivity index (χ2v) is 6.97. The molecule has 2 aromatic rings. The van der Waals surface area contributed by atoms with E-state index < -0.39 is 0 Å². The SMILES string of the molecule is COc1ccc(N2CCN(C(=O)c3ccc(OC4CCOC4)nc3)CC2)cc1. The Labute approximate surface area is 164 Å². The Morgan fingerprint density at radius 1 is 1.11 bits per heavy atom. The molecule has 2 aliphatic rings. The van der Waals surface area contributed by atoms with E-state index in [4.69, 9.17) is 14.2 Å². The molecular weight excluding hydrogens is 358 g/mol. The van der Waals surface area contributed by atoms with Crippen LogP contribution in [0.1, 0.15) is 16.8 Å². The fourth-order valence-electron chi connectivity index (χ4n) is 3.50. The van der Waals surface area contributed by atoms with Crippen LogP contribution >= 0.6 is 0 Å². The lowest BCUT2D eigenvalue weighted by Gasteiger charge is -2.36. The summed E-state index contributed by atoms with van der Waals surface area (Å²) in [6.45, 7) is 4.29. The molecule has 148 valence electrons. The van der Waals surface area contributed by atoms with Crippen LogP contribution in [0, 0.1) is 0 Å². The van der Waals surface area contributed by atoms with Crippen LogP contribution in [0.3, 0.4) is 0 Å². The lowest BCUT2D eigenvalue weighted by molar-refractivity contribution is 0.0746. The van der Waals surface area contributed by atoms with Crippen LogP contribution in [-0.4, -0.2) is 68.4 Å². The molecule has 0 aliphatic carbocycles. The molecule has 28 heavy (non-hydrogen) atoms. The number of hydrogen-bond acceptors (Lipinski definition) is 6. The Hall–Kier alpha value is -2.80. The Bertz CT molecular complexity index is 780. The first-order valence-electron chi connectivity index (χ1n) is 9.61. The maximum atomic E-state index is 12.8. The molecule has 1 aromatic heterocycles. The second kappa shape index (κ2) is 8.48. The topological polar surface area (TPSA) is 64.1 Å². The summed E-state index contributed by atoms with van der Waals surface area (Å²) < 4.78 is 16.3. The van der Waals surface area contributed by atoms with E-state index in [0.717, 1.165) is 37.6 Å². The normalized spacial score (nSPS) is 19.5. The smallest absolute Gasteiger partial charge is 0.255 e. The van der Waals surface area contributed by atoms with Gasteiger partial charge in [-0.05, 0) is 30.3 Å². The fourth-order valence-corrected chi connectivity index (χ4v) is 3.50. The first kappa shape index (κ1) is 18.6. The summed E-state index contributed by atoms with van der Waals surface area (Å²) in [6.07, 6.45) is 2.53. The molecule has 4 rings (SSSR count). The van der Waals surface area contributed by atoms with E-state index in [1.54, 1.807) is 25.4 Å². The summed E-state index contributed by atoms with van der Waals surface area (Å²) in [5.74, 6) is 1.40. The Morgan fingerprint density at radius 3 is 2.50 bits per heavy atom. The number of amides is 1. The molecule has 0 radical (unpaired) electrons. The molecule has 0 bridgehead atoms. The first-order chi connectivity index (χ1) is 13.7. The van der Waals surface area contributed by atoms with Crippen molar-refractivity contribution in [3.8, 4) is 11.6 Å². The largest absolute Gasteiger partial charge is 0.497 e. The Kier molecular flexibility index (Phi) is 5.62. The number of methoxy groups -OCH3 is 1. The summed E-state index contributed by atoms with van der Waals surface area (Å²) in [5, 5.41) is 0. The number of hydrogen-bond donors (Lipinski definition) is 0. The second-order valence-electron chi connectivity index (χ2n) is 6.97. The lowest BCUT2D eigenvalue weighted by Crippen LogP contribution is -2.48. The van der Waals surface area contributed by atoms with Crippen LogP contribution in [0.2, 0.25) is 0 Å². The number of aromatic nitrogens is 1. The average molecular weight is 383 g/mol. The van der Waals surface area contributed by atoms with Crippen molar-refractivity contribution < 1.29 is 19.0 Å². The van der Waals surface area contributed by atoms with E-state index in [0.29, 0.717) is 31.1 Å². The zero-order valence-corrected chi connectivity index (χ0v) is 16.0. The summed E-state index contributed by atoms with van der Waals surface area (Å²) in [5.41, 5.74) is 1.74. The highest BCUT2D eigenvalue weighted by atomic mass is 16.5. The van der Waals surface area contributed by atoms with Gasteiger partial charge in [-0.3, -0.25) is 4.79 Å². The molecule has 0 N–H and O–H groups in total. The number of ether oxygens (including phenoxy) is 3. The highest BCUT2D eigenvalue weighted by Crippen LogP contribution is 2.21. The highest BCUT2D eigenvalue weighted by molar-refractivity contribution is 5.94. The van der Waals surface area contributed by atoms with E-state index in [2.05, 4.69) is 9.88 Å². The molecule has 2 saturated heterocycles. The van der Waals surface area contributed by atoms with Gasteiger partial charge in [0.1, 0.15) is 11.9 Å². The van der Waals surface area contributed by atoms with Gasteiger partial charge in [-0.1, -0.05) is 0 Å². The molecule has 2 aliphatic heterocycles. The number of rotatable bonds is 5. The van der Waals surface area contributed by atoms with Gasteiger partial charge in [0.05, 0.1) is 25.9 Å². The van der Waals surface area contributed by atoms with Gasteiger partial charge in [0, 0.05) is 50.6 Å². The zero-order valence-electron chi connectivity index (χ0n) is 16.0. The van der Waals surface area contributed by atoms with Crippen LogP contribution in [0.25, 0.3) is 0 Å². The number of nitrogens with zero attached hydrogens (tertiary/aromatic N) is 3. The molecule has 2 fully saturated rings. The molecule has 1 amide bonds. The van der Waals surface area contributed by atoms with Crippen LogP contribution in [-0.2, 0) is 4.74 Å². The van der Waals surface area contributed by atoms with Crippen molar-refractivity contribution in [2.24, 2.45) is 0 Å². The monoisotopic (exact) mass is 383 g/mol. The third kappa shape index (κ3) is 4.20. The van der Waals surface area contributed by atoms with E-state index in [-0.39, 0.29) is 12.0 Å². The van der Waals surface area contributed by atoms with Gasteiger partial charge >= 0.3 is 0 Å². The zero-order chi connectivity index (χ0) is 19.3. The molecule has 1 atom stereocenters. The predicted octanol–water partition coefficient (Wildman–Crippen LogP) is 2.22. The van der Waals surface area contributed by atoms with Gasteiger partial charge in [-0.25, -0.2) is 4.98 Å². The molecule has 0 saturated carbocycles. The summed E-state index contributed by atoms with van der Waals surface area (Å²) in [7, 11) is 1.66. The molecular formula is C21H25N3O4. The van der Waals surface area contributed by atoms with Crippen LogP contribution < -0.4 is 14.4 Å². The van der Waals surface area contributed by atoms with Gasteiger partial charge in [-0.15, -0.1) is 0 Å². The number of carbonyl (C=O) groups is 1. The van der Waals surface area contributed by atoms with Crippen molar-refractivity contribution in [2.45, 2.75) is 12.5 Å². The van der Waals surface area contributed by atoms with Crippen molar-refractivity contribution in [1.29, 1.82) is 0 Å². The lowest BCUT2D eigenvalue weighted by atomic mass is 10.2. The molecule has 1 unspecified atom stereocenters. The van der Waals surface area contributed by atoms with Crippen LogP contribution in [0.4, 0.5) is 5.69 Å². The third-order valence-electron chi connectivity index (χ3n) is 5.16. The number of pyridine rings is 1. The molecule has 7 nitrogen and oxygen atoms in total. The summed E-state index contributed by atoms with van der Waals surface area (Å²) >= 11 is 0. The maximum absolute atomic E-state index is 12.8. The molecule has 3 heterocycles. The van der Waals surface area contributed by atoms with Gasteiger partial charge in [0.15, 0.2) is 0 Å². The first-order valence-corrected chi connectivity index (χ1v) is 9.61. The number of piperazine rings is 1. The molecule has 1 aromatic carbocycles. The van der Waals surface area contributed by atoms with Crippen molar-refractivity contribution >= 4 is 11.6 Å². The summed E-state index contributed by atoms with van der Waals surface area (Å²) in [4.78, 5) is 21.2. The van der Waals surface area contributed by atoms with E-state index in [1.165, 1.54) is 0 Å². The van der Waals surface area contributed by atoms with E-state index in [9.17, 15) is 4.79 Å². The number of anilines is 1. The van der Waals surface area contributed by atoms with Crippen LogP contribution in [0.5, 0.6) is 11.6 Å². The Morgan fingerprint density at radius 2 is 1.89 bits per heavy atom. The van der Waals surface area contributed by atoms with Gasteiger partial charge in [0.2, 0.25) is 5.88 Å².